The Morgan fingerprint density at radius 3 is 2.78 bits per heavy atom. The number of nitrogens with zero attached hydrogens (tertiary/aromatic N) is 3. The summed E-state index contributed by atoms with van der Waals surface area (Å²) in [6.45, 7) is 3.83. The molecule has 1 unspecified atom stereocenters. The first-order valence-corrected chi connectivity index (χ1v) is 9.25. The summed E-state index contributed by atoms with van der Waals surface area (Å²) >= 11 is 1.51. The van der Waals surface area contributed by atoms with Crippen LogP contribution < -0.4 is 5.32 Å². The van der Waals surface area contributed by atoms with Crippen LogP contribution in [0.3, 0.4) is 0 Å². The highest BCUT2D eigenvalue weighted by molar-refractivity contribution is 7.13. The van der Waals surface area contributed by atoms with E-state index < -0.39 is 17.9 Å². The molecule has 0 aliphatic heterocycles. The number of aromatic nitrogens is 3. The lowest BCUT2D eigenvalue weighted by Crippen LogP contribution is -2.43. The van der Waals surface area contributed by atoms with Gasteiger partial charge < -0.3 is 15.2 Å². The van der Waals surface area contributed by atoms with Crippen LogP contribution >= 0.6 is 11.3 Å². The van der Waals surface area contributed by atoms with Crippen LogP contribution in [-0.2, 0) is 9.53 Å². The fraction of sp³-hybridized carbons (Fsp3) is 0.333. The monoisotopic (exact) mass is 388 g/mol. The molecule has 3 aromatic rings. The summed E-state index contributed by atoms with van der Waals surface area (Å²) in [5.74, 6) is -1.67. The number of fused-ring (bicyclic) bond motifs is 1. The van der Waals surface area contributed by atoms with Gasteiger partial charge in [-0.05, 0) is 31.4 Å². The molecule has 0 fully saturated rings. The van der Waals surface area contributed by atoms with Gasteiger partial charge in [0, 0.05) is 13.2 Å². The number of hydrogen-bond donors (Lipinski definition) is 2. The maximum Gasteiger partial charge on any atom is 0.328 e. The van der Waals surface area contributed by atoms with Crippen molar-refractivity contribution in [3.63, 3.8) is 0 Å². The van der Waals surface area contributed by atoms with Crippen molar-refractivity contribution in [2.24, 2.45) is 0 Å². The van der Waals surface area contributed by atoms with Crippen molar-refractivity contribution in [1.82, 2.24) is 20.1 Å². The molecular formula is C18H20N4O4S. The topological polar surface area (TPSA) is 106 Å². The van der Waals surface area contributed by atoms with E-state index in [9.17, 15) is 14.7 Å². The van der Waals surface area contributed by atoms with E-state index in [1.165, 1.54) is 18.4 Å². The van der Waals surface area contributed by atoms with Gasteiger partial charge in [-0.3, -0.25) is 4.79 Å². The van der Waals surface area contributed by atoms with Gasteiger partial charge in [0.05, 0.1) is 34.3 Å². The molecule has 3 heterocycles. The highest BCUT2D eigenvalue weighted by Gasteiger charge is 2.24. The van der Waals surface area contributed by atoms with Crippen LogP contribution in [0.2, 0.25) is 0 Å². The first-order valence-electron chi connectivity index (χ1n) is 8.37. The molecular weight excluding hydrogens is 368 g/mol. The molecule has 3 rings (SSSR count). The third-order valence-electron chi connectivity index (χ3n) is 4.01. The number of amides is 1. The molecule has 0 saturated carbocycles. The van der Waals surface area contributed by atoms with E-state index in [1.807, 2.05) is 31.4 Å². The first kappa shape index (κ1) is 19.0. The number of carboxylic acid groups (broad SMARTS) is 1. The average Bonchev–Trinajstić information content (AvgIpc) is 3.29. The predicted octanol–water partition coefficient (Wildman–Crippen LogP) is 2.57. The summed E-state index contributed by atoms with van der Waals surface area (Å²) in [4.78, 5) is 29.8. The summed E-state index contributed by atoms with van der Waals surface area (Å²) in [6, 6.07) is 4.41. The highest BCUT2D eigenvalue weighted by atomic mass is 32.1. The molecule has 3 aromatic heterocycles. The number of thiophene rings is 1. The SMILES string of the molecule is COCC(NC(=O)c1cc(-c2cccs2)nc2c1cnn2C(C)C)C(=O)O. The van der Waals surface area contributed by atoms with Crippen LogP contribution in [0.1, 0.15) is 30.2 Å². The van der Waals surface area contributed by atoms with E-state index in [2.05, 4.69) is 15.4 Å². The standard InChI is InChI=1S/C18H20N4O4S/c1-10(2)22-16-12(8-19-22)11(7-13(20-16)15-5-4-6-27-15)17(23)21-14(9-26-3)18(24)25/h4-8,10,14H,9H2,1-3H3,(H,21,23)(H,24,25). The minimum atomic E-state index is -1.16. The summed E-state index contributed by atoms with van der Waals surface area (Å²) in [5.41, 5.74) is 1.56. The number of methoxy groups -OCH3 is 1. The average molecular weight is 388 g/mol. The zero-order valence-corrected chi connectivity index (χ0v) is 16.0. The van der Waals surface area contributed by atoms with Gasteiger partial charge in [-0.25, -0.2) is 14.5 Å². The van der Waals surface area contributed by atoms with E-state index in [4.69, 9.17) is 4.74 Å². The van der Waals surface area contributed by atoms with Crippen molar-refractivity contribution < 1.29 is 19.4 Å². The lowest BCUT2D eigenvalue weighted by molar-refractivity contribution is -0.140. The minimum absolute atomic E-state index is 0.0600. The van der Waals surface area contributed by atoms with Crippen LogP contribution in [0, 0.1) is 0 Å². The van der Waals surface area contributed by atoms with Crippen LogP contribution in [0.25, 0.3) is 21.6 Å². The van der Waals surface area contributed by atoms with Crippen LogP contribution in [0.4, 0.5) is 0 Å². The molecule has 0 saturated heterocycles. The molecule has 0 radical (unpaired) electrons. The van der Waals surface area contributed by atoms with Crippen molar-refractivity contribution in [2.45, 2.75) is 25.9 Å². The fourth-order valence-corrected chi connectivity index (χ4v) is 3.40. The Morgan fingerprint density at radius 1 is 1.41 bits per heavy atom. The minimum Gasteiger partial charge on any atom is -0.480 e. The summed E-state index contributed by atoms with van der Waals surface area (Å²) < 4.78 is 6.63. The number of hydrogen-bond acceptors (Lipinski definition) is 6. The van der Waals surface area contributed by atoms with E-state index in [1.54, 1.807) is 16.9 Å². The van der Waals surface area contributed by atoms with Gasteiger partial charge in [-0.1, -0.05) is 6.07 Å². The number of pyridine rings is 1. The molecule has 0 aliphatic carbocycles. The van der Waals surface area contributed by atoms with Crippen LogP contribution in [-0.4, -0.2) is 51.5 Å². The first-order chi connectivity index (χ1) is 12.9. The Bertz CT molecular complexity index is 965. The molecule has 9 heteroatoms. The second-order valence-corrected chi connectivity index (χ2v) is 7.22. The zero-order valence-electron chi connectivity index (χ0n) is 15.2. The number of ether oxygens (including phenoxy) is 1. The molecule has 0 spiro atoms. The molecule has 0 aromatic carbocycles. The van der Waals surface area contributed by atoms with Gasteiger partial charge in [0.2, 0.25) is 0 Å². The Balaban J connectivity index is 2.10. The fourth-order valence-electron chi connectivity index (χ4n) is 2.71. The summed E-state index contributed by atoms with van der Waals surface area (Å²) in [7, 11) is 1.38. The Kier molecular flexibility index (Phi) is 5.52. The zero-order chi connectivity index (χ0) is 19.6. The Morgan fingerprint density at radius 2 is 2.19 bits per heavy atom. The number of carbonyl (C=O) groups excluding carboxylic acids is 1. The Hall–Kier alpha value is -2.78. The van der Waals surface area contributed by atoms with E-state index in [0.717, 1.165) is 4.88 Å². The smallest absolute Gasteiger partial charge is 0.328 e. The van der Waals surface area contributed by atoms with Gasteiger partial charge in [0.15, 0.2) is 11.7 Å². The molecule has 1 atom stereocenters. The van der Waals surface area contributed by atoms with E-state index >= 15 is 0 Å². The molecule has 142 valence electrons. The summed E-state index contributed by atoms with van der Waals surface area (Å²) in [5, 5.41) is 18.6. The third-order valence-corrected chi connectivity index (χ3v) is 4.90. The number of carboxylic acids is 1. The lowest BCUT2D eigenvalue weighted by atomic mass is 10.1. The summed E-state index contributed by atoms with van der Waals surface area (Å²) in [6.07, 6.45) is 1.58. The highest BCUT2D eigenvalue weighted by Crippen LogP contribution is 2.28. The van der Waals surface area contributed by atoms with Gasteiger partial charge in [-0.15, -0.1) is 11.3 Å². The van der Waals surface area contributed by atoms with Gasteiger partial charge in [0.1, 0.15) is 0 Å². The number of carbonyl (C=O) groups is 2. The molecule has 2 N–H and O–H groups in total. The Labute approximate surface area is 159 Å². The van der Waals surface area contributed by atoms with Crippen LogP contribution in [0.5, 0.6) is 0 Å². The quantitative estimate of drug-likeness (QED) is 0.644. The number of rotatable bonds is 7. The molecule has 1 amide bonds. The van der Waals surface area contributed by atoms with Crippen molar-refractivity contribution >= 4 is 34.2 Å². The molecule has 0 bridgehead atoms. The van der Waals surface area contributed by atoms with Crippen molar-refractivity contribution in [3.8, 4) is 10.6 Å². The predicted molar refractivity (Wildman–Crippen MR) is 102 cm³/mol. The van der Waals surface area contributed by atoms with Crippen molar-refractivity contribution in [2.75, 3.05) is 13.7 Å². The second kappa shape index (κ2) is 7.85. The maximum absolute atomic E-state index is 12.9. The number of aliphatic carboxylic acids is 1. The number of nitrogens with one attached hydrogen (secondary N) is 1. The lowest BCUT2D eigenvalue weighted by Gasteiger charge is -2.14. The molecule has 0 aliphatic rings. The van der Waals surface area contributed by atoms with Gasteiger partial charge in [-0.2, -0.15) is 5.10 Å². The van der Waals surface area contributed by atoms with Crippen molar-refractivity contribution in [1.29, 1.82) is 0 Å². The largest absolute Gasteiger partial charge is 0.480 e. The van der Waals surface area contributed by atoms with E-state index in [-0.39, 0.29) is 12.6 Å². The normalized spacial score (nSPS) is 12.4. The van der Waals surface area contributed by atoms with Gasteiger partial charge >= 0.3 is 5.97 Å². The van der Waals surface area contributed by atoms with Crippen molar-refractivity contribution in [3.05, 3.63) is 35.3 Å². The third kappa shape index (κ3) is 3.83. The van der Waals surface area contributed by atoms with Gasteiger partial charge in [0.25, 0.3) is 5.91 Å². The van der Waals surface area contributed by atoms with Crippen LogP contribution in [0.15, 0.2) is 29.8 Å². The second-order valence-electron chi connectivity index (χ2n) is 6.27. The molecule has 27 heavy (non-hydrogen) atoms. The molecule has 8 nitrogen and oxygen atoms in total. The maximum atomic E-state index is 12.9. The van der Waals surface area contributed by atoms with E-state index in [0.29, 0.717) is 22.3 Å².